The standard InChI is InChI=1S/C20H19NO5S/c1-4-26-17-8-6-5-7-15(17)21-19(22)18(27-20(21)23)12-13-11-14(24-2)9-10-16(13)25-3/h5-12H,4H2,1-3H3/b18-12-. The van der Waals surface area contributed by atoms with Crippen molar-refractivity contribution in [2.24, 2.45) is 0 Å². The van der Waals surface area contributed by atoms with Crippen LogP contribution in [0.25, 0.3) is 6.08 Å². The van der Waals surface area contributed by atoms with E-state index in [1.165, 1.54) is 0 Å². The van der Waals surface area contributed by atoms with Gasteiger partial charge >= 0.3 is 0 Å². The molecule has 140 valence electrons. The predicted molar refractivity (Wildman–Crippen MR) is 106 cm³/mol. The number of rotatable bonds is 6. The number of hydrogen-bond donors (Lipinski definition) is 0. The molecular weight excluding hydrogens is 366 g/mol. The maximum absolute atomic E-state index is 12.9. The second kappa shape index (κ2) is 8.18. The Bertz CT molecular complexity index is 909. The lowest BCUT2D eigenvalue weighted by Gasteiger charge is -2.16. The van der Waals surface area contributed by atoms with E-state index in [2.05, 4.69) is 0 Å². The highest BCUT2D eigenvalue weighted by molar-refractivity contribution is 8.19. The van der Waals surface area contributed by atoms with Crippen LogP contribution < -0.4 is 19.1 Å². The van der Waals surface area contributed by atoms with E-state index in [1.807, 2.05) is 6.92 Å². The summed E-state index contributed by atoms with van der Waals surface area (Å²) in [7, 11) is 3.10. The SMILES string of the molecule is CCOc1ccccc1N1C(=O)S/C(=C\c2cc(OC)ccc2OC)C1=O. The Hall–Kier alpha value is -2.93. The molecule has 0 aliphatic carbocycles. The number of carbonyl (C=O) groups excluding carboxylic acids is 2. The molecule has 0 spiro atoms. The Morgan fingerprint density at radius 1 is 1.04 bits per heavy atom. The summed E-state index contributed by atoms with van der Waals surface area (Å²) in [5.74, 6) is 1.30. The number of benzene rings is 2. The molecule has 1 aliphatic rings. The van der Waals surface area contributed by atoms with E-state index in [9.17, 15) is 9.59 Å². The summed E-state index contributed by atoms with van der Waals surface area (Å²) < 4.78 is 16.1. The van der Waals surface area contributed by atoms with Crippen molar-refractivity contribution >= 4 is 34.7 Å². The second-order valence-electron chi connectivity index (χ2n) is 5.53. The fourth-order valence-corrected chi connectivity index (χ4v) is 3.51. The lowest BCUT2D eigenvalue weighted by molar-refractivity contribution is -0.113. The zero-order chi connectivity index (χ0) is 19.4. The normalized spacial score (nSPS) is 15.4. The summed E-state index contributed by atoms with van der Waals surface area (Å²) in [6.45, 7) is 2.28. The molecule has 0 unspecified atom stereocenters. The van der Waals surface area contributed by atoms with Crippen molar-refractivity contribution in [3.8, 4) is 17.2 Å². The topological polar surface area (TPSA) is 65.1 Å². The van der Waals surface area contributed by atoms with E-state index in [-0.39, 0.29) is 5.24 Å². The smallest absolute Gasteiger partial charge is 0.298 e. The molecule has 7 heteroatoms. The predicted octanol–water partition coefficient (Wildman–Crippen LogP) is 4.34. The molecule has 3 rings (SSSR count). The average molecular weight is 385 g/mol. The molecule has 0 atom stereocenters. The molecule has 0 aromatic heterocycles. The minimum atomic E-state index is -0.401. The molecule has 1 saturated heterocycles. The largest absolute Gasteiger partial charge is 0.497 e. The molecule has 2 aromatic rings. The van der Waals surface area contributed by atoms with Crippen LogP contribution in [0, 0.1) is 0 Å². The molecule has 0 bridgehead atoms. The number of carbonyl (C=O) groups is 2. The van der Waals surface area contributed by atoms with Gasteiger partial charge in [0.05, 0.1) is 31.4 Å². The number of ether oxygens (including phenoxy) is 3. The molecule has 0 N–H and O–H groups in total. The molecule has 0 saturated carbocycles. The van der Waals surface area contributed by atoms with Gasteiger partial charge in [-0.25, -0.2) is 4.90 Å². The van der Waals surface area contributed by atoms with Crippen LogP contribution in [0.15, 0.2) is 47.4 Å². The molecular formula is C20H19NO5S. The van der Waals surface area contributed by atoms with Gasteiger partial charge in [-0.1, -0.05) is 12.1 Å². The van der Waals surface area contributed by atoms with Gasteiger partial charge in [-0.3, -0.25) is 9.59 Å². The van der Waals surface area contributed by atoms with Gasteiger partial charge in [-0.15, -0.1) is 0 Å². The Kier molecular flexibility index (Phi) is 5.71. The summed E-state index contributed by atoms with van der Waals surface area (Å²) in [6, 6.07) is 12.2. The van der Waals surface area contributed by atoms with Crippen LogP contribution in [0.4, 0.5) is 10.5 Å². The zero-order valence-electron chi connectivity index (χ0n) is 15.2. The van der Waals surface area contributed by atoms with E-state index in [0.29, 0.717) is 40.0 Å². The van der Waals surface area contributed by atoms with E-state index >= 15 is 0 Å². The van der Waals surface area contributed by atoms with Crippen LogP contribution in [0.2, 0.25) is 0 Å². The number of thioether (sulfide) groups is 1. The Balaban J connectivity index is 1.99. The fourth-order valence-electron chi connectivity index (χ4n) is 2.69. The quantitative estimate of drug-likeness (QED) is 0.689. The maximum atomic E-state index is 12.9. The van der Waals surface area contributed by atoms with Crippen LogP contribution in [0.3, 0.4) is 0 Å². The third-order valence-electron chi connectivity index (χ3n) is 3.92. The van der Waals surface area contributed by atoms with Crippen molar-refractivity contribution in [3.63, 3.8) is 0 Å². The van der Waals surface area contributed by atoms with E-state index in [1.54, 1.807) is 62.8 Å². The van der Waals surface area contributed by atoms with Crippen molar-refractivity contribution in [3.05, 3.63) is 52.9 Å². The van der Waals surface area contributed by atoms with Crippen LogP contribution in [-0.4, -0.2) is 32.0 Å². The van der Waals surface area contributed by atoms with Crippen LogP contribution in [0.1, 0.15) is 12.5 Å². The fraction of sp³-hybridized carbons (Fsp3) is 0.200. The number of nitrogens with zero attached hydrogens (tertiary/aromatic N) is 1. The number of para-hydroxylation sites is 2. The Morgan fingerprint density at radius 2 is 1.81 bits per heavy atom. The van der Waals surface area contributed by atoms with Gasteiger partial charge in [0.2, 0.25) is 0 Å². The van der Waals surface area contributed by atoms with Gasteiger partial charge in [-0.2, -0.15) is 0 Å². The first-order chi connectivity index (χ1) is 13.1. The number of methoxy groups -OCH3 is 2. The summed E-state index contributed by atoms with van der Waals surface area (Å²) in [5.41, 5.74) is 1.09. The van der Waals surface area contributed by atoms with E-state index in [4.69, 9.17) is 14.2 Å². The molecule has 2 amide bonds. The second-order valence-corrected chi connectivity index (χ2v) is 6.52. The highest BCUT2D eigenvalue weighted by atomic mass is 32.2. The molecule has 1 heterocycles. The molecule has 1 fully saturated rings. The molecule has 27 heavy (non-hydrogen) atoms. The number of amides is 2. The highest BCUT2D eigenvalue weighted by Crippen LogP contribution is 2.40. The minimum Gasteiger partial charge on any atom is -0.497 e. The monoisotopic (exact) mass is 385 g/mol. The molecule has 0 radical (unpaired) electrons. The third kappa shape index (κ3) is 3.78. The van der Waals surface area contributed by atoms with Gasteiger partial charge in [0, 0.05) is 5.56 Å². The molecule has 2 aromatic carbocycles. The van der Waals surface area contributed by atoms with Crippen molar-refractivity contribution in [2.75, 3.05) is 25.7 Å². The first-order valence-electron chi connectivity index (χ1n) is 8.30. The lowest BCUT2D eigenvalue weighted by Crippen LogP contribution is -2.28. The van der Waals surface area contributed by atoms with Crippen molar-refractivity contribution < 1.29 is 23.8 Å². The highest BCUT2D eigenvalue weighted by Gasteiger charge is 2.37. The van der Waals surface area contributed by atoms with Crippen LogP contribution in [0.5, 0.6) is 17.2 Å². The minimum absolute atomic E-state index is 0.304. The summed E-state index contributed by atoms with van der Waals surface area (Å²) in [4.78, 5) is 26.9. The van der Waals surface area contributed by atoms with Crippen LogP contribution >= 0.6 is 11.8 Å². The summed E-state index contributed by atoms with van der Waals surface area (Å²) in [6.07, 6.45) is 1.63. The van der Waals surface area contributed by atoms with Gasteiger partial charge < -0.3 is 14.2 Å². The van der Waals surface area contributed by atoms with Gasteiger partial charge in [0.25, 0.3) is 11.1 Å². The third-order valence-corrected chi connectivity index (χ3v) is 4.79. The van der Waals surface area contributed by atoms with E-state index < -0.39 is 5.91 Å². The number of anilines is 1. The van der Waals surface area contributed by atoms with Crippen LogP contribution in [-0.2, 0) is 4.79 Å². The summed E-state index contributed by atoms with van der Waals surface area (Å²) in [5, 5.41) is -0.375. The number of hydrogen-bond acceptors (Lipinski definition) is 6. The molecule has 6 nitrogen and oxygen atoms in total. The van der Waals surface area contributed by atoms with Gasteiger partial charge in [0.1, 0.15) is 17.2 Å². The van der Waals surface area contributed by atoms with Crippen molar-refractivity contribution in [1.29, 1.82) is 0 Å². The zero-order valence-corrected chi connectivity index (χ0v) is 16.0. The van der Waals surface area contributed by atoms with Crippen molar-refractivity contribution in [1.82, 2.24) is 0 Å². The Labute approximate surface area is 161 Å². The number of imide groups is 1. The lowest BCUT2D eigenvalue weighted by atomic mass is 10.1. The van der Waals surface area contributed by atoms with E-state index in [0.717, 1.165) is 16.7 Å². The molecule has 1 aliphatic heterocycles. The van der Waals surface area contributed by atoms with Crippen molar-refractivity contribution in [2.45, 2.75) is 6.92 Å². The first kappa shape index (κ1) is 18.8. The Morgan fingerprint density at radius 3 is 2.52 bits per heavy atom. The first-order valence-corrected chi connectivity index (χ1v) is 9.12. The summed E-state index contributed by atoms with van der Waals surface area (Å²) >= 11 is 0.878. The van der Waals surface area contributed by atoms with Gasteiger partial charge in [-0.05, 0) is 55.1 Å². The maximum Gasteiger partial charge on any atom is 0.298 e. The average Bonchev–Trinajstić information content (AvgIpc) is 2.95. The van der Waals surface area contributed by atoms with Gasteiger partial charge in [0.15, 0.2) is 0 Å².